The molecule has 34 heavy (non-hydrogen) atoms. The predicted octanol–water partition coefficient (Wildman–Crippen LogP) is 2.15. The predicted molar refractivity (Wildman–Crippen MR) is 137 cm³/mol. The van der Waals surface area contributed by atoms with Crippen molar-refractivity contribution in [2.24, 2.45) is 0 Å². The summed E-state index contributed by atoms with van der Waals surface area (Å²) >= 11 is 0. The van der Waals surface area contributed by atoms with Crippen LogP contribution in [0.2, 0.25) is 0 Å². The topological polar surface area (TPSA) is 70.9 Å². The summed E-state index contributed by atoms with van der Waals surface area (Å²) in [6.45, 7) is 7.64. The fourth-order valence-electron chi connectivity index (χ4n) is 4.73. The van der Waals surface area contributed by atoms with Crippen LogP contribution in [0.25, 0.3) is 5.57 Å². The number of sulfonamides is 1. The van der Waals surface area contributed by atoms with Crippen molar-refractivity contribution in [2.45, 2.75) is 18.2 Å². The summed E-state index contributed by atoms with van der Waals surface area (Å²) in [6, 6.07) is 8.42. The van der Waals surface area contributed by atoms with Crippen molar-refractivity contribution in [3.05, 3.63) is 65.3 Å². The minimum absolute atomic E-state index is 0.518. The van der Waals surface area contributed by atoms with E-state index in [1.807, 2.05) is 31.3 Å². The van der Waals surface area contributed by atoms with Crippen molar-refractivity contribution in [3.8, 4) is 6.07 Å². The fraction of sp³-hybridized carbons (Fsp3) is 0.500. The van der Waals surface area contributed by atoms with Gasteiger partial charge in [0.15, 0.2) is 0 Å². The molecule has 1 aromatic carbocycles. The average Bonchev–Trinajstić information content (AvgIpc) is 3.20. The van der Waals surface area contributed by atoms with Gasteiger partial charge in [0.05, 0.1) is 11.6 Å². The van der Waals surface area contributed by atoms with Gasteiger partial charge in [0.2, 0.25) is 10.0 Å². The van der Waals surface area contributed by atoms with Gasteiger partial charge in [-0.15, -0.1) is 0 Å². The highest BCUT2D eigenvalue weighted by Crippen LogP contribution is 2.26. The van der Waals surface area contributed by atoms with E-state index < -0.39 is 15.3 Å². The first-order valence-corrected chi connectivity index (χ1v) is 13.6. The summed E-state index contributed by atoms with van der Waals surface area (Å²) in [7, 11) is 0.715. The van der Waals surface area contributed by atoms with E-state index in [9.17, 15) is 13.7 Å². The van der Waals surface area contributed by atoms with E-state index in [2.05, 4.69) is 33.9 Å². The number of likely N-dealkylation sites (N-methyl/N-ethyl adjacent to an activating group) is 2. The van der Waals surface area contributed by atoms with E-state index in [0.29, 0.717) is 18.7 Å². The van der Waals surface area contributed by atoms with Crippen LogP contribution in [0.15, 0.2) is 48.6 Å². The highest BCUT2D eigenvalue weighted by atomic mass is 32.2. The van der Waals surface area contributed by atoms with Crippen molar-refractivity contribution in [1.29, 1.82) is 5.26 Å². The van der Waals surface area contributed by atoms with Crippen LogP contribution in [-0.4, -0.2) is 99.1 Å². The zero-order valence-corrected chi connectivity index (χ0v) is 21.0. The lowest BCUT2D eigenvalue weighted by Crippen LogP contribution is -2.49. The lowest BCUT2D eigenvalue weighted by Gasteiger charge is -2.32. The SMILES string of the molecule is CN1CCCN(Cc2ccc(C3=CC=CC(S(=O)(=O)N4CCN(C)CC4)C=C3)c(C#N)c2)CC1. The van der Waals surface area contributed by atoms with E-state index in [4.69, 9.17) is 0 Å². The van der Waals surface area contributed by atoms with Crippen molar-refractivity contribution >= 4 is 15.6 Å². The molecule has 0 spiro atoms. The maximum atomic E-state index is 13.2. The van der Waals surface area contributed by atoms with Gasteiger partial charge in [0, 0.05) is 45.8 Å². The van der Waals surface area contributed by atoms with Gasteiger partial charge in [0.1, 0.15) is 5.25 Å². The molecule has 3 aliphatic rings. The highest BCUT2D eigenvalue weighted by Gasteiger charge is 2.31. The Morgan fingerprint density at radius 1 is 0.971 bits per heavy atom. The maximum absolute atomic E-state index is 13.2. The zero-order valence-electron chi connectivity index (χ0n) is 20.2. The van der Waals surface area contributed by atoms with E-state index in [0.717, 1.165) is 68.9 Å². The maximum Gasteiger partial charge on any atom is 0.224 e. The van der Waals surface area contributed by atoms with Crippen LogP contribution < -0.4 is 0 Å². The molecule has 1 aromatic rings. The standard InChI is InChI=1S/C26H35N5O2S/c1-28-11-4-12-30(16-13-28)21-22-7-10-26(24(19-22)20-27)23-5-3-6-25(9-8-23)34(32,33)31-17-14-29(2)15-18-31/h3,5-10,19,25H,4,11-18,21H2,1-2H3. The van der Waals surface area contributed by atoms with E-state index in [1.54, 1.807) is 22.5 Å². The Morgan fingerprint density at radius 2 is 1.71 bits per heavy atom. The number of nitriles is 1. The Hall–Kier alpha value is -2.28. The third-order valence-electron chi connectivity index (χ3n) is 6.94. The van der Waals surface area contributed by atoms with Gasteiger partial charge in [-0.25, -0.2) is 8.42 Å². The van der Waals surface area contributed by atoms with Crippen molar-refractivity contribution < 1.29 is 8.42 Å². The quantitative estimate of drug-likeness (QED) is 0.642. The Balaban J connectivity index is 1.48. The molecule has 4 rings (SSSR count). The lowest BCUT2D eigenvalue weighted by atomic mass is 9.97. The molecular weight excluding hydrogens is 446 g/mol. The number of piperazine rings is 1. The number of nitrogens with zero attached hydrogens (tertiary/aromatic N) is 5. The van der Waals surface area contributed by atoms with Crippen molar-refractivity contribution in [1.82, 2.24) is 19.0 Å². The molecule has 0 amide bonds. The molecule has 8 heteroatoms. The van der Waals surface area contributed by atoms with Gasteiger partial charge in [-0.3, -0.25) is 4.90 Å². The Morgan fingerprint density at radius 3 is 2.47 bits per heavy atom. The largest absolute Gasteiger partial charge is 0.305 e. The molecular formula is C26H35N5O2S. The molecule has 0 bridgehead atoms. The summed E-state index contributed by atoms with van der Waals surface area (Å²) in [5.74, 6) is 0. The van der Waals surface area contributed by atoms with Crippen LogP contribution in [0.5, 0.6) is 0 Å². The highest BCUT2D eigenvalue weighted by molar-refractivity contribution is 7.90. The summed E-state index contributed by atoms with van der Waals surface area (Å²) in [6.07, 6.45) is 10.2. The number of rotatable bonds is 5. The number of hydrogen-bond acceptors (Lipinski definition) is 6. The molecule has 0 saturated carbocycles. The molecule has 2 heterocycles. The van der Waals surface area contributed by atoms with Crippen LogP contribution in [0.4, 0.5) is 0 Å². The first kappa shape index (κ1) is 24.8. The van der Waals surface area contributed by atoms with Crippen molar-refractivity contribution in [3.63, 3.8) is 0 Å². The second kappa shape index (κ2) is 11.0. The molecule has 1 unspecified atom stereocenters. The fourth-order valence-corrected chi connectivity index (χ4v) is 6.31. The van der Waals surface area contributed by atoms with Gasteiger partial charge in [-0.1, -0.05) is 42.5 Å². The van der Waals surface area contributed by atoms with Gasteiger partial charge in [-0.05, 0) is 56.4 Å². The molecule has 182 valence electrons. The van der Waals surface area contributed by atoms with Crippen LogP contribution in [0, 0.1) is 11.3 Å². The van der Waals surface area contributed by atoms with Crippen LogP contribution >= 0.6 is 0 Å². The Labute approximate surface area is 204 Å². The summed E-state index contributed by atoms with van der Waals surface area (Å²) < 4.78 is 27.9. The van der Waals surface area contributed by atoms with Gasteiger partial charge in [-0.2, -0.15) is 9.57 Å². The van der Waals surface area contributed by atoms with Gasteiger partial charge >= 0.3 is 0 Å². The molecule has 1 aliphatic carbocycles. The summed E-state index contributed by atoms with van der Waals surface area (Å²) in [5.41, 5.74) is 3.44. The zero-order chi connectivity index (χ0) is 24.1. The van der Waals surface area contributed by atoms with E-state index in [1.165, 1.54) is 0 Å². The third kappa shape index (κ3) is 5.85. The Bertz CT molecular complexity index is 1110. The number of benzene rings is 1. The van der Waals surface area contributed by atoms with Gasteiger partial charge in [0.25, 0.3) is 0 Å². The van der Waals surface area contributed by atoms with Gasteiger partial charge < -0.3 is 9.80 Å². The second-order valence-electron chi connectivity index (χ2n) is 9.50. The van der Waals surface area contributed by atoms with Crippen molar-refractivity contribution in [2.75, 3.05) is 66.5 Å². The summed E-state index contributed by atoms with van der Waals surface area (Å²) in [4.78, 5) is 6.95. The molecule has 7 nitrogen and oxygen atoms in total. The van der Waals surface area contributed by atoms with Crippen LogP contribution in [-0.2, 0) is 16.6 Å². The monoisotopic (exact) mass is 481 g/mol. The molecule has 2 saturated heterocycles. The first-order valence-electron chi connectivity index (χ1n) is 12.1. The summed E-state index contributed by atoms with van der Waals surface area (Å²) in [5, 5.41) is 9.16. The van der Waals surface area contributed by atoms with E-state index >= 15 is 0 Å². The normalized spacial score (nSPS) is 23.8. The lowest BCUT2D eigenvalue weighted by molar-refractivity contribution is 0.222. The smallest absolute Gasteiger partial charge is 0.224 e. The molecule has 0 aromatic heterocycles. The second-order valence-corrected chi connectivity index (χ2v) is 11.6. The first-order chi connectivity index (χ1) is 16.4. The molecule has 1 atom stereocenters. The average molecular weight is 482 g/mol. The van der Waals surface area contributed by atoms with Crippen LogP contribution in [0.3, 0.4) is 0 Å². The number of allylic oxidation sites excluding steroid dienone is 4. The Kier molecular flexibility index (Phi) is 8.02. The molecule has 0 radical (unpaired) electrons. The molecule has 2 fully saturated rings. The van der Waals surface area contributed by atoms with E-state index in [-0.39, 0.29) is 0 Å². The minimum Gasteiger partial charge on any atom is -0.305 e. The third-order valence-corrected chi connectivity index (χ3v) is 9.03. The molecule has 2 aliphatic heterocycles. The molecule has 0 N–H and O–H groups in total. The number of hydrogen-bond donors (Lipinski definition) is 0. The minimum atomic E-state index is -3.46. The van der Waals surface area contributed by atoms with Crippen LogP contribution in [0.1, 0.15) is 23.1 Å².